The largest absolute Gasteiger partial charge is 0.475 e. The van der Waals surface area contributed by atoms with Crippen LogP contribution in [0.5, 0.6) is 5.88 Å². The van der Waals surface area contributed by atoms with Gasteiger partial charge in [0.25, 0.3) is 0 Å². The molecule has 0 radical (unpaired) electrons. The molecule has 2 aromatic carbocycles. The fraction of sp³-hybridized carbons (Fsp3) is 0.200. The zero-order valence-corrected chi connectivity index (χ0v) is 16.5. The maximum Gasteiger partial charge on any atom is 0.223 e. The molecule has 0 atom stereocenters. The van der Waals surface area contributed by atoms with E-state index in [1.54, 1.807) is 36.9 Å². The van der Waals surface area contributed by atoms with Gasteiger partial charge in [0.2, 0.25) is 11.7 Å². The van der Waals surface area contributed by atoms with Crippen molar-refractivity contribution in [1.29, 1.82) is 0 Å². The molecular formula is C20H19Cl2N3O2. The first-order chi connectivity index (χ1) is 13.0. The number of anilines is 1. The highest BCUT2D eigenvalue weighted by atomic mass is 35.5. The second kappa shape index (κ2) is 8.46. The number of aromatic nitrogens is 2. The number of ketones is 1. The van der Waals surface area contributed by atoms with Crippen molar-refractivity contribution in [3.8, 4) is 5.88 Å². The average Bonchev–Trinajstić information content (AvgIpc) is 2.92. The summed E-state index contributed by atoms with van der Waals surface area (Å²) in [5.41, 5.74) is 2.36. The number of hydrogen-bond donors (Lipinski definition) is 1. The van der Waals surface area contributed by atoms with Crippen LogP contribution in [0.25, 0.3) is 0 Å². The van der Waals surface area contributed by atoms with Crippen LogP contribution >= 0.6 is 23.2 Å². The van der Waals surface area contributed by atoms with Crippen LogP contribution in [0.3, 0.4) is 0 Å². The first-order valence-corrected chi connectivity index (χ1v) is 9.18. The van der Waals surface area contributed by atoms with Crippen LogP contribution < -0.4 is 10.1 Å². The van der Waals surface area contributed by atoms with Crippen LogP contribution in [0.4, 0.5) is 5.69 Å². The van der Waals surface area contributed by atoms with Gasteiger partial charge in [-0.25, -0.2) is 4.68 Å². The quantitative estimate of drug-likeness (QED) is 0.456. The standard InChI is InChI=1S/C20H19Cl2N3O2/c1-13-18(19(26)16-9-8-14(21)12-17(16)22)20(25(2)24-13)27-11-10-23-15-6-4-3-5-7-15/h3-9,12,23H,10-11H2,1-2H3. The minimum absolute atomic E-state index is 0.242. The topological polar surface area (TPSA) is 56.1 Å². The minimum atomic E-state index is -0.242. The van der Waals surface area contributed by atoms with Crippen LogP contribution in [-0.4, -0.2) is 28.7 Å². The molecule has 0 unspecified atom stereocenters. The van der Waals surface area contributed by atoms with E-state index in [2.05, 4.69) is 10.4 Å². The Balaban J connectivity index is 1.75. The van der Waals surface area contributed by atoms with E-state index in [4.69, 9.17) is 27.9 Å². The zero-order chi connectivity index (χ0) is 19.4. The number of aryl methyl sites for hydroxylation is 2. The second-order valence-corrected chi connectivity index (χ2v) is 6.83. The summed E-state index contributed by atoms with van der Waals surface area (Å²) >= 11 is 12.1. The summed E-state index contributed by atoms with van der Waals surface area (Å²) < 4.78 is 7.43. The molecule has 0 bridgehead atoms. The minimum Gasteiger partial charge on any atom is -0.475 e. The Kier molecular flexibility index (Phi) is 6.04. The summed E-state index contributed by atoms with van der Waals surface area (Å²) in [5.74, 6) is 0.173. The van der Waals surface area contributed by atoms with Crippen molar-refractivity contribution in [1.82, 2.24) is 9.78 Å². The van der Waals surface area contributed by atoms with Gasteiger partial charge in [-0.1, -0.05) is 41.4 Å². The Morgan fingerprint density at radius 3 is 2.63 bits per heavy atom. The summed E-state index contributed by atoms with van der Waals surface area (Å²) in [4.78, 5) is 13.0. The van der Waals surface area contributed by atoms with Gasteiger partial charge in [0.15, 0.2) is 0 Å². The van der Waals surface area contributed by atoms with Gasteiger partial charge in [0.05, 0.1) is 10.7 Å². The molecule has 0 spiro atoms. The highest BCUT2D eigenvalue weighted by Crippen LogP contribution is 2.29. The van der Waals surface area contributed by atoms with Crippen molar-refractivity contribution < 1.29 is 9.53 Å². The normalized spacial score (nSPS) is 10.7. The molecule has 1 N–H and O–H groups in total. The lowest BCUT2D eigenvalue weighted by Crippen LogP contribution is -2.15. The highest BCUT2D eigenvalue weighted by molar-refractivity contribution is 6.37. The Morgan fingerprint density at radius 2 is 1.93 bits per heavy atom. The fourth-order valence-electron chi connectivity index (χ4n) is 2.77. The molecule has 27 heavy (non-hydrogen) atoms. The van der Waals surface area contributed by atoms with Gasteiger partial charge >= 0.3 is 0 Å². The van der Waals surface area contributed by atoms with Gasteiger partial charge in [0, 0.05) is 29.9 Å². The molecule has 3 rings (SSSR count). The Hall–Kier alpha value is -2.50. The molecule has 1 heterocycles. The average molecular weight is 404 g/mol. The van der Waals surface area contributed by atoms with Crippen molar-refractivity contribution in [3.63, 3.8) is 0 Å². The van der Waals surface area contributed by atoms with E-state index in [1.165, 1.54) is 0 Å². The number of benzene rings is 2. The summed E-state index contributed by atoms with van der Waals surface area (Å²) in [6, 6.07) is 14.6. The van der Waals surface area contributed by atoms with Crippen molar-refractivity contribution in [3.05, 3.63) is 75.4 Å². The zero-order valence-electron chi connectivity index (χ0n) is 15.0. The molecule has 0 aliphatic rings. The Labute approximate surface area is 167 Å². The molecule has 0 saturated carbocycles. The predicted molar refractivity (Wildman–Crippen MR) is 108 cm³/mol. The van der Waals surface area contributed by atoms with Crippen LogP contribution in [0, 0.1) is 6.92 Å². The first-order valence-electron chi connectivity index (χ1n) is 8.42. The molecule has 3 aromatic rings. The molecule has 5 nitrogen and oxygen atoms in total. The molecule has 0 aliphatic heterocycles. The Morgan fingerprint density at radius 1 is 1.19 bits per heavy atom. The lowest BCUT2D eigenvalue weighted by Gasteiger charge is -2.11. The number of ether oxygens (including phenoxy) is 1. The monoisotopic (exact) mass is 403 g/mol. The number of hydrogen-bond acceptors (Lipinski definition) is 4. The van der Waals surface area contributed by atoms with Crippen LogP contribution in [0.15, 0.2) is 48.5 Å². The molecule has 0 aliphatic carbocycles. The van der Waals surface area contributed by atoms with Gasteiger partial charge < -0.3 is 10.1 Å². The van der Waals surface area contributed by atoms with E-state index in [0.29, 0.717) is 45.9 Å². The number of nitrogens with zero attached hydrogens (tertiary/aromatic N) is 2. The van der Waals surface area contributed by atoms with Gasteiger partial charge in [-0.15, -0.1) is 0 Å². The molecule has 1 aromatic heterocycles. The number of rotatable bonds is 7. The summed E-state index contributed by atoms with van der Waals surface area (Å²) in [5, 5.41) is 8.36. The number of halogens is 2. The number of nitrogens with one attached hydrogen (secondary N) is 1. The highest BCUT2D eigenvalue weighted by Gasteiger charge is 2.24. The lowest BCUT2D eigenvalue weighted by molar-refractivity contribution is 0.103. The smallest absolute Gasteiger partial charge is 0.223 e. The third-order valence-electron chi connectivity index (χ3n) is 4.02. The summed E-state index contributed by atoms with van der Waals surface area (Å²) in [6.07, 6.45) is 0. The molecule has 0 amide bonds. The molecule has 7 heteroatoms. The third kappa shape index (κ3) is 4.43. The van der Waals surface area contributed by atoms with Gasteiger partial charge in [0.1, 0.15) is 12.2 Å². The van der Waals surface area contributed by atoms with Crippen molar-refractivity contribution in [2.24, 2.45) is 7.05 Å². The summed E-state index contributed by atoms with van der Waals surface area (Å²) in [7, 11) is 1.74. The van der Waals surface area contributed by atoms with E-state index in [0.717, 1.165) is 5.69 Å². The van der Waals surface area contributed by atoms with E-state index in [9.17, 15) is 4.79 Å². The maximum atomic E-state index is 13.0. The second-order valence-electron chi connectivity index (χ2n) is 5.98. The molecule has 140 valence electrons. The predicted octanol–water partition coefficient (Wildman–Crippen LogP) is 4.76. The van der Waals surface area contributed by atoms with Gasteiger partial charge in [-0.05, 0) is 37.3 Å². The summed E-state index contributed by atoms with van der Waals surface area (Å²) in [6.45, 7) is 2.73. The fourth-order valence-corrected chi connectivity index (χ4v) is 3.27. The number of para-hydroxylation sites is 1. The van der Waals surface area contributed by atoms with E-state index >= 15 is 0 Å². The SMILES string of the molecule is Cc1nn(C)c(OCCNc2ccccc2)c1C(=O)c1ccc(Cl)cc1Cl. The van der Waals surface area contributed by atoms with E-state index in [-0.39, 0.29) is 5.78 Å². The maximum absolute atomic E-state index is 13.0. The van der Waals surface area contributed by atoms with Crippen molar-refractivity contribution >= 4 is 34.7 Å². The van der Waals surface area contributed by atoms with E-state index in [1.807, 2.05) is 30.3 Å². The van der Waals surface area contributed by atoms with Crippen LogP contribution in [-0.2, 0) is 7.05 Å². The van der Waals surface area contributed by atoms with Crippen LogP contribution in [0.1, 0.15) is 21.6 Å². The van der Waals surface area contributed by atoms with Crippen molar-refractivity contribution in [2.75, 3.05) is 18.5 Å². The molecular weight excluding hydrogens is 385 g/mol. The molecule has 0 saturated heterocycles. The number of carbonyl (C=O) groups is 1. The van der Waals surface area contributed by atoms with Crippen molar-refractivity contribution in [2.45, 2.75) is 6.92 Å². The Bertz CT molecular complexity index is 955. The third-order valence-corrected chi connectivity index (χ3v) is 4.56. The van der Waals surface area contributed by atoms with Gasteiger partial charge in [-0.3, -0.25) is 4.79 Å². The van der Waals surface area contributed by atoms with E-state index < -0.39 is 0 Å². The lowest BCUT2D eigenvalue weighted by atomic mass is 10.0. The first kappa shape index (κ1) is 19.3. The van der Waals surface area contributed by atoms with Gasteiger partial charge in [-0.2, -0.15) is 5.10 Å². The van der Waals surface area contributed by atoms with Crippen LogP contribution in [0.2, 0.25) is 10.0 Å². The molecule has 0 fully saturated rings. The number of carbonyl (C=O) groups excluding carboxylic acids is 1.